The van der Waals surface area contributed by atoms with Crippen LogP contribution < -0.4 is 20.3 Å². The number of carboxylic acid groups (broad SMARTS) is 1. The molecule has 0 spiro atoms. The van der Waals surface area contributed by atoms with Crippen LogP contribution in [0.3, 0.4) is 0 Å². The Kier molecular flexibility index (Phi) is 7.76. The first-order valence-corrected chi connectivity index (χ1v) is 13.7. The van der Waals surface area contributed by atoms with Gasteiger partial charge in [-0.15, -0.1) is 0 Å². The summed E-state index contributed by atoms with van der Waals surface area (Å²) in [5.41, 5.74) is 5.71. The second-order valence-electron chi connectivity index (χ2n) is 9.77. The second kappa shape index (κ2) is 11.4. The van der Waals surface area contributed by atoms with Crippen LogP contribution in [0.15, 0.2) is 72.9 Å². The number of methoxy groups -OCH3 is 1. The molecule has 0 bridgehead atoms. The highest BCUT2D eigenvalue weighted by Gasteiger charge is 2.42. The molecule has 1 amide bonds. The smallest absolute Gasteiger partial charge is 0.337 e. The number of benzene rings is 2. The van der Waals surface area contributed by atoms with Gasteiger partial charge in [0.15, 0.2) is 5.11 Å². The fourth-order valence-electron chi connectivity index (χ4n) is 5.43. The molecule has 0 radical (unpaired) electrons. The molecule has 3 heterocycles. The summed E-state index contributed by atoms with van der Waals surface area (Å²) in [5, 5.41) is 16.7. The minimum absolute atomic E-state index is 0.114. The summed E-state index contributed by atoms with van der Waals surface area (Å²) >= 11 is 5.90. The van der Waals surface area contributed by atoms with E-state index in [0.717, 1.165) is 28.3 Å². The van der Waals surface area contributed by atoms with Crippen molar-refractivity contribution in [3.8, 4) is 11.4 Å². The molecule has 1 aliphatic rings. The Morgan fingerprint density at radius 1 is 1.10 bits per heavy atom. The van der Waals surface area contributed by atoms with Crippen molar-refractivity contribution in [3.63, 3.8) is 0 Å². The van der Waals surface area contributed by atoms with Gasteiger partial charge in [-0.25, -0.2) is 4.79 Å². The van der Waals surface area contributed by atoms with E-state index in [0.29, 0.717) is 28.7 Å². The number of aromatic carboxylic acids is 1. The largest absolute Gasteiger partial charge is 0.494 e. The summed E-state index contributed by atoms with van der Waals surface area (Å²) in [6.45, 7) is 5.74. The molecular formula is C31H31N5O4S. The average Bonchev–Trinajstić information content (AvgIpc) is 3.48. The Hall–Kier alpha value is -4.70. The number of anilines is 2. The third-order valence-electron chi connectivity index (χ3n) is 7.32. The molecule has 5 rings (SSSR count). The Bertz CT molecular complexity index is 1630. The van der Waals surface area contributed by atoms with Crippen LogP contribution in [0.5, 0.6) is 5.75 Å². The van der Waals surface area contributed by atoms with E-state index < -0.39 is 5.97 Å². The van der Waals surface area contributed by atoms with Gasteiger partial charge < -0.3 is 29.9 Å². The van der Waals surface area contributed by atoms with Gasteiger partial charge >= 0.3 is 5.97 Å². The quantitative estimate of drug-likeness (QED) is 0.231. The monoisotopic (exact) mass is 569 g/mol. The normalized spacial score (nSPS) is 16.4. The van der Waals surface area contributed by atoms with Gasteiger partial charge in [0.1, 0.15) is 5.75 Å². The SMILES string of the molecule is CCC(=O)Nc1ccc(N2C(=S)N[C@@H](c3ccccn3)[C@H]2c2cc(C)n(-c3ccccc3C(=O)O)c2C)cc1OC. The van der Waals surface area contributed by atoms with Crippen molar-refractivity contribution in [2.75, 3.05) is 17.3 Å². The number of hydrogen-bond donors (Lipinski definition) is 3. The van der Waals surface area contributed by atoms with Crippen molar-refractivity contribution in [2.45, 2.75) is 39.3 Å². The number of amides is 1. The molecule has 1 aliphatic heterocycles. The third kappa shape index (κ3) is 5.14. The van der Waals surface area contributed by atoms with Crippen molar-refractivity contribution in [2.24, 2.45) is 0 Å². The molecule has 3 N–H and O–H groups in total. The van der Waals surface area contributed by atoms with Crippen LogP contribution in [-0.4, -0.2) is 38.8 Å². The summed E-state index contributed by atoms with van der Waals surface area (Å²) in [6, 6.07) is 19.8. The van der Waals surface area contributed by atoms with E-state index in [2.05, 4.69) is 21.7 Å². The van der Waals surface area contributed by atoms with Crippen molar-refractivity contribution in [3.05, 3.63) is 101 Å². The van der Waals surface area contributed by atoms with Gasteiger partial charge in [0, 0.05) is 35.8 Å². The van der Waals surface area contributed by atoms with Gasteiger partial charge in [0.05, 0.1) is 41.8 Å². The lowest BCUT2D eigenvalue weighted by Crippen LogP contribution is -2.29. The lowest BCUT2D eigenvalue weighted by Gasteiger charge is -2.29. The molecule has 1 saturated heterocycles. The molecule has 0 aliphatic carbocycles. The molecule has 0 saturated carbocycles. The minimum atomic E-state index is -0.992. The Morgan fingerprint density at radius 2 is 1.85 bits per heavy atom. The maximum Gasteiger partial charge on any atom is 0.337 e. The molecule has 2 atom stereocenters. The first kappa shape index (κ1) is 27.9. The zero-order valence-electron chi connectivity index (χ0n) is 23.2. The van der Waals surface area contributed by atoms with Gasteiger partial charge in [-0.1, -0.05) is 25.1 Å². The summed E-state index contributed by atoms with van der Waals surface area (Å²) in [6.07, 6.45) is 2.10. The summed E-state index contributed by atoms with van der Waals surface area (Å²) in [7, 11) is 1.56. The first-order valence-electron chi connectivity index (χ1n) is 13.2. The van der Waals surface area contributed by atoms with Gasteiger partial charge in [-0.2, -0.15) is 0 Å². The Labute approximate surface area is 243 Å². The number of thiocarbonyl (C=S) groups is 1. The second-order valence-corrected chi connectivity index (χ2v) is 10.2. The molecule has 2 aromatic heterocycles. The molecule has 41 heavy (non-hydrogen) atoms. The van der Waals surface area contributed by atoms with Crippen LogP contribution in [0.4, 0.5) is 11.4 Å². The van der Waals surface area contributed by atoms with E-state index in [1.807, 2.05) is 71.8 Å². The summed E-state index contributed by atoms with van der Waals surface area (Å²) in [5.74, 6) is -0.599. The molecule has 4 aromatic rings. The number of aromatic nitrogens is 2. The predicted molar refractivity (Wildman–Crippen MR) is 162 cm³/mol. The molecule has 2 aromatic carbocycles. The van der Waals surface area contributed by atoms with E-state index in [-0.39, 0.29) is 23.6 Å². The third-order valence-corrected chi connectivity index (χ3v) is 7.64. The van der Waals surface area contributed by atoms with Crippen LogP contribution in [0, 0.1) is 13.8 Å². The number of carboxylic acids is 1. The van der Waals surface area contributed by atoms with Crippen LogP contribution in [0.2, 0.25) is 0 Å². The number of aryl methyl sites for hydroxylation is 1. The lowest BCUT2D eigenvalue weighted by atomic mass is 9.96. The zero-order valence-corrected chi connectivity index (χ0v) is 24.0. The molecular weight excluding hydrogens is 538 g/mol. The lowest BCUT2D eigenvalue weighted by molar-refractivity contribution is -0.115. The van der Waals surface area contributed by atoms with Gasteiger partial charge in [0.2, 0.25) is 5.91 Å². The van der Waals surface area contributed by atoms with Gasteiger partial charge in [-0.05, 0) is 74.1 Å². The number of nitrogens with zero attached hydrogens (tertiary/aromatic N) is 3. The highest BCUT2D eigenvalue weighted by molar-refractivity contribution is 7.80. The highest BCUT2D eigenvalue weighted by atomic mass is 32.1. The van der Waals surface area contributed by atoms with E-state index in [1.165, 1.54) is 0 Å². The molecule has 1 fully saturated rings. The summed E-state index contributed by atoms with van der Waals surface area (Å²) < 4.78 is 7.61. The zero-order chi connectivity index (χ0) is 29.3. The van der Waals surface area contributed by atoms with E-state index in [9.17, 15) is 14.7 Å². The number of carbonyl (C=O) groups is 2. The fraction of sp³-hybridized carbons (Fsp3) is 0.226. The van der Waals surface area contributed by atoms with Crippen molar-refractivity contribution in [1.29, 1.82) is 0 Å². The first-order chi connectivity index (χ1) is 19.7. The van der Waals surface area contributed by atoms with Crippen LogP contribution in [0.25, 0.3) is 5.69 Å². The Morgan fingerprint density at radius 3 is 2.54 bits per heavy atom. The molecule has 210 valence electrons. The highest BCUT2D eigenvalue weighted by Crippen LogP contribution is 2.45. The number of hydrogen-bond acceptors (Lipinski definition) is 5. The van der Waals surface area contributed by atoms with Gasteiger partial charge in [-0.3, -0.25) is 9.78 Å². The topological polar surface area (TPSA) is 109 Å². The predicted octanol–water partition coefficient (Wildman–Crippen LogP) is 5.72. The maximum atomic E-state index is 12.1. The van der Waals surface area contributed by atoms with Crippen molar-refractivity contribution < 1.29 is 19.4 Å². The minimum Gasteiger partial charge on any atom is -0.494 e. The van der Waals surface area contributed by atoms with Gasteiger partial charge in [0.25, 0.3) is 0 Å². The molecule has 9 nitrogen and oxygen atoms in total. The standard InChI is InChI=1S/C31H31N5O4S/c1-5-27(37)33-23-14-13-20(17-26(23)40-4)36-29(28(34-31(36)41)24-11-8-9-15-32-24)22-16-18(2)35(19(22)3)25-12-7-6-10-21(25)30(38)39/h6-17,28-29H,5H2,1-4H3,(H,33,37)(H,34,41)(H,38,39)/t28-,29+/m0/s1. The number of para-hydroxylation sites is 1. The number of nitrogens with one attached hydrogen (secondary N) is 2. The van der Waals surface area contributed by atoms with Crippen molar-refractivity contribution >= 4 is 40.6 Å². The van der Waals surface area contributed by atoms with Crippen LogP contribution in [-0.2, 0) is 4.79 Å². The fourth-order valence-corrected chi connectivity index (χ4v) is 5.77. The summed E-state index contributed by atoms with van der Waals surface area (Å²) in [4.78, 5) is 30.8. The van der Waals surface area contributed by atoms with E-state index in [1.54, 1.807) is 32.4 Å². The number of carbonyl (C=O) groups excluding carboxylic acids is 1. The van der Waals surface area contributed by atoms with Crippen LogP contribution >= 0.6 is 12.2 Å². The Balaban J connectivity index is 1.67. The van der Waals surface area contributed by atoms with Crippen molar-refractivity contribution in [1.82, 2.24) is 14.9 Å². The van der Waals surface area contributed by atoms with E-state index >= 15 is 0 Å². The average molecular weight is 570 g/mol. The number of pyridine rings is 1. The van der Waals surface area contributed by atoms with Crippen LogP contribution in [0.1, 0.15) is 58.4 Å². The van der Waals surface area contributed by atoms with E-state index in [4.69, 9.17) is 17.0 Å². The number of ether oxygens (including phenoxy) is 1. The molecule has 0 unspecified atom stereocenters. The molecule has 10 heteroatoms. The number of rotatable bonds is 8. The maximum absolute atomic E-state index is 12.1.